The molecule has 0 amide bonds. The zero-order valence-electron chi connectivity index (χ0n) is 22.1. The highest BCUT2D eigenvalue weighted by molar-refractivity contribution is 7.91. The van der Waals surface area contributed by atoms with Crippen molar-refractivity contribution in [1.82, 2.24) is 4.98 Å². The molecule has 1 aromatic heterocycles. The SMILES string of the molecule is Cc1nc(OC2CCC(S(C)(=O)=O)CC2)ccc1-c1ccc(F)c(COc2ccc3c(c2)C[C@H]2[C@H](C)[C@@H]32)c1. The highest BCUT2D eigenvalue weighted by Gasteiger charge is 2.52. The van der Waals surface area contributed by atoms with E-state index in [-0.39, 0.29) is 23.8 Å². The average molecular weight is 536 g/mol. The Morgan fingerprint density at radius 1 is 1.03 bits per heavy atom. The Labute approximate surface area is 224 Å². The number of ether oxygens (including phenoxy) is 2. The molecule has 0 unspecified atom stereocenters. The summed E-state index contributed by atoms with van der Waals surface area (Å²) >= 11 is 0. The second-order valence-electron chi connectivity index (χ2n) is 11.3. The Hall–Kier alpha value is -2.93. The molecule has 5 nitrogen and oxygen atoms in total. The number of nitrogens with zero attached hydrogens (tertiary/aromatic N) is 1. The van der Waals surface area contributed by atoms with Gasteiger partial charge in [0.25, 0.3) is 0 Å². The normalized spacial score (nSPS) is 25.9. The molecule has 0 aliphatic heterocycles. The number of hydrogen-bond donors (Lipinski definition) is 0. The van der Waals surface area contributed by atoms with E-state index in [0.29, 0.717) is 37.1 Å². The van der Waals surface area contributed by atoms with E-state index in [1.54, 1.807) is 6.07 Å². The third-order valence-electron chi connectivity index (χ3n) is 8.82. The molecule has 2 saturated carbocycles. The topological polar surface area (TPSA) is 65.5 Å². The Bertz CT molecular complexity index is 1480. The van der Waals surface area contributed by atoms with Crippen molar-refractivity contribution in [3.05, 3.63) is 76.7 Å². The summed E-state index contributed by atoms with van der Waals surface area (Å²) in [6.45, 7) is 4.40. The number of halogens is 1. The Kier molecular flexibility index (Phi) is 6.45. The van der Waals surface area contributed by atoms with Crippen LogP contribution in [0.4, 0.5) is 4.39 Å². The molecule has 38 heavy (non-hydrogen) atoms. The third kappa shape index (κ3) is 4.93. The van der Waals surface area contributed by atoms with Crippen LogP contribution in [0.25, 0.3) is 11.1 Å². The average Bonchev–Trinajstić information content (AvgIpc) is 3.34. The molecule has 3 aliphatic carbocycles. The first-order chi connectivity index (χ1) is 18.2. The minimum absolute atomic E-state index is 0.0336. The Morgan fingerprint density at radius 3 is 2.55 bits per heavy atom. The van der Waals surface area contributed by atoms with Crippen molar-refractivity contribution in [3.8, 4) is 22.8 Å². The van der Waals surface area contributed by atoms with Crippen LogP contribution in [0.5, 0.6) is 11.6 Å². The van der Waals surface area contributed by atoms with Crippen LogP contribution in [0, 0.1) is 24.6 Å². The van der Waals surface area contributed by atoms with Gasteiger partial charge in [0.15, 0.2) is 0 Å². The lowest BCUT2D eigenvalue weighted by Crippen LogP contribution is -2.31. The van der Waals surface area contributed by atoms with Crippen LogP contribution in [0.1, 0.15) is 60.9 Å². The number of rotatable bonds is 7. The van der Waals surface area contributed by atoms with Gasteiger partial charge in [0.2, 0.25) is 5.88 Å². The summed E-state index contributed by atoms with van der Waals surface area (Å²) in [7, 11) is -3.00. The third-order valence-corrected chi connectivity index (χ3v) is 10.5. The maximum Gasteiger partial charge on any atom is 0.213 e. The van der Waals surface area contributed by atoms with Gasteiger partial charge >= 0.3 is 0 Å². The quantitative estimate of drug-likeness (QED) is 0.350. The van der Waals surface area contributed by atoms with Gasteiger partial charge in [-0.15, -0.1) is 0 Å². The van der Waals surface area contributed by atoms with E-state index in [9.17, 15) is 12.8 Å². The van der Waals surface area contributed by atoms with Gasteiger partial charge in [-0.3, -0.25) is 0 Å². The number of benzene rings is 2. The van der Waals surface area contributed by atoms with Crippen LogP contribution < -0.4 is 9.47 Å². The highest BCUT2D eigenvalue weighted by atomic mass is 32.2. The van der Waals surface area contributed by atoms with Gasteiger partial charge in [-0.05, 0) is 104 Å². The Balaban J connectivity index is 1.11. The molecule has 7 heteroatoms. The van der Waals surface area contributed by atoms with E-state index in [0.717, 1.165) is 46.7 Å². The molecule has 0 N–H and O–H groups in total. The van der Waals surface area contributed by atoms with Gasteiger partial charge in [0.1, 0.15) is 34.1 Å². The van der Waals surface area contributed by atoms with Crippen molar-refractivity contribution in [2.45, 2.75) is 69.8 Å². The number of pyridine rings is 1. The van der Waals surface area contributed by atoms with Crippen molar-refractivity contribution in [2.75, 3.05) is 6.26 Å². The fraction of sp³-hybridized carbons (Fsp3) is 0.452. The Morgan fingerprint density at radius 2 is 1.82 bits per heavy atom. The summed E-state index contributed by atoms with van der Waals surface area (Å²) in [6.07, 6.45) is 5.03. The lowest BCUT2D eigenvalue weighted by Gasteiger charge is -2.27. The molecule has 0 radical (unpaired) electrons. The zero-order valence-corrected chi connectivity index (χ0v) is 22.9. The highest BCUT2D eigenvalue weighted by Crippen LogP contribution is 2.61. The van der Waals surface area contributed by atoms with Crippen LogP contribution >= 0.6 is 0 Å². The lowest BCUT2D eigenvalue weighted by molar-refractivity contribution is 0.149. The van der Waals surface area contributed by atoms with E-state index in [4.69, 9.17) is 9.47 Å². The maximum absolute atomic E-state index is 14.7. The molecule has 3 aliphatic rings. The van der Waals surface area contributed by atoms with Crippen LogP contribution in [0.2, 0.25) is 0 Å². The number of hydrogen-bond acceptors (Lipinski definition) is 5. The molecule has 1 heterocycles. The molecule has 3 aromatic rings. The molecule has 2 fully saturated rings. The first-order valence-corrected chi connectivity index (χ1v) is 15.5. The molecular formula is C31H34FNO4S. The molecule has 6 rings (SSSR count). The van der Waals surface area contributed by atoms with Crippen LogP contribution in [0.3, 0.4) is 0 Å². The predicted octanol–water partition coefficient (Wildman–Crippen LogP) is 6.42. The van der Waals surface area contributed by atoms with E-state index < -0.39 is 9.84 Å². The fourth-order valence-corrected chi connectivity index (χ4v) is 7.60. The van der Waals surface area contributed by atoms with Gasteiger partial charge in [-0.25, -0.2) is 17.8 Å². The summed E-state index contributed by atoms with van der Waals surface area (Å²) in [5.74, 6) is 3.33. The van der Waals surface area contributed by atoms with Gasteiger partial charge in [0, 0.05) is 29.1 Å². The minimum atomic E-state index is -3.00. The van der Waals surface area contributed by atoms with Crippen molar-refractivity contribution in [3.63, 3.8) is 0 Å². The zero-order chi connectivity index (χ0) is 26.6. The van der Waals surface area contributed by atoms with E-state index in [2.05, 4.69) is 24.0 Å². The van der Waals surface area contributed by atoms with Crippen LogP contribution in [0.15, 0.2) is 48.5 Å². The number of aryl methyl sites for hydroxylation is 1. The smallest absolute Gasteiger partial charge is 0.213 e. The maximum atomic E-state index is 14.7. The second kappa shape index (κ2) is 9.67. The van der Waals surface area contributed by atoms with Crippen molar-refractivity contribution < 1.29 is 22.3 Å². The number of fused-ring (bicyclic) bond motifs is 3. The van der Waals surface area contributed by atoms with E-state index >= 15 is 0 Å². The van der Waals surface area contributed by atoms with Gasteiger partial charge in [-0.2, -0.15) is 0 Å². The molecule has 0 bridgehead atoms. The van der Waals surface area contributed by atoms with Gasteiger partial charge < -0.3 is 9.47 Å². The minimum Gasteiger partial charge on any atom is -0.489 e. The molecule has 2 aromatic carbocycles. The van der Waals surface area contributed by atoms with E-state index in [1.165, 1.54) is 23.4 Å². The van der Waals surface area contributed by atoms with Gasteiger partial charge in [0.05, 0.1) is 5.25 Å². The summed E-state index contributed by atoms with van der Waals surface area (Å²) < 4.78 is 50.4. The van der Waals surface area contributed by atoms with Crippen molar-refractivity contribution in [2.24, 2.45) is 11.8 Å². The standard InChI is InChI=1S/C31H34FNO4S/c1-18-28-16-21-15-24(7-10-27(21)31(18)28)36-17-22-14-20(4-12-29(22)32)26-11-13-30(33-19(26)2)37-23-5-8-25(9-6-23)38(3,34)35/h4,7,10-15,18,23,25,28,31H,5-6,8-9,16-17H2,1-3H3/t18-,23?,25?,28-,31-/m0/s1. The number of sulfone groups is 1. The summed E-state index contributed by atoms with van der Waals surface area (Å²) in [4.78, 5) is 4.64. The molecular weight excluding hydrogens is 501 g/mol. The first-order valence-electron chi connectivity index (χ1n) is 13.5. The predicted molar refractivity (Wildman–Crippen MR) is 146 cm³/mol. The van der Waals surface area contributed by atoms with Crippen molar-refractivity contribution >= 4 is 9.84 Å². The molecule has 0 spiro atoms. The largest absolute Gasteiger partial charge is 0.489 e. The monoisotopic (exact) mass is 535 g/mol. The van der Waals surface area contributed by atoms with Crippen LogP contribution in [-0.4, -0.2) is 31.0 Å². The fourth-order valence-electron chi connectivity index (χ4n) is 6.47. The van der Waals surface area contributed by atoms with Crippen LogP contribution in [-0.2, 0) is 22.9 Å². The number of aromatic nitrogens is 1. The van der Waals surface area contributed by atoms with Gasteiger partial charge in [-0.1, -0.05) is 19.1 Å². The summed E-state index contributed by atoms with van der Waals surface area (Å²) in [6, 6.07) is 15.2. The lowest BCUT2D eigenvalue weighted by atomic mass is 9.97. The van der Waals surface area contributed by atoms with Crippen molar-refractivity contribution in [1.29, 1.82) is 0 Å². The molecule has 200 valence electrons. The van der Waals surface area contributed by atoms with E-state index in [1.807, 2.05) is 31.2 Å². The first kappa shape index (κ1) is 25.4. The summed E-state index contributed by atoms with van der Waals surface area (Å²) in [5, 5.41) is -0.270. The second-order valence-corrected chi connectivity index (χ2v) is 13.7. The molecule has 0 saturated heterocycles. The molecule has 3 atom stereocenters. The summed E-state index contributed by atoms with van der Waals surface area (Å²) in [5.41, 5.74) is 5.90.